The fourth-order valence-corrected chi connectivity index (χ4v) is 3.36. The highest BCUT2D eigenvalue weighted by molar-refractivity contribution is 6.30. The minimum atomic E-state index is -0.570. The highest BCUT2D eigenvalue weighted by Crippen LogP contribution is 2.22. The summed E-state index contributed by atoms with van der Waals surface area (Å²) in [6.45, 7) is 2.53. The van der Waals surface area contributed by atoms with Gasteiger partial charge in [0.25, 0.3) is 0 Å². The van der Waals surface area contributed by atoms with Crippen LogP contribution in [0.15, 0.2) is 48.5 Å². The lowest BCUT2D eigenvalue weighted by Gasteiger charge is -2.24. The summed E-state index contributed by atoms with van der Waals surface area (Å²) in [6, 6.07) is 12.4. The normalized spacial score (nSPS) is 15.7. The van der Waals surface area contributed by atoms with Gasteiger partial charge >= 0.3 is 12.0 Å². The first-order valence-electron chi connectivity index (χ1n) is 9.39. The molecule has 1 saturated heterocycles. The number of hydrogen-bond acceptors (Lipinski definition) is 4. The number of likely N-dealkylation sites (tertiary alicyclic amines) is 1. The summed E-state index contributed by atoms with van der Waals surface area (Å²) in [4.78, 5) is 38.6. The summed E-state index contributed by atoms with van der Waals surface area (Å²) in [5, 5.41) is 6.10. The van der Waals surface area contributed by atoms with Gasteiger partial charge in [-0.25, -0.2) is 9.59 Å². The van der Waals surface area contributed by atoms with E-state index in [-0.39, 0.29) is 11.9 Å². The smallest absolute Gasteiger partial charge is 0.338 e. The quantitative estimate of drug-likeness (QED) is 0.718. The molecule has 2 aromatic rings. The molecule has 0 spiro atoms. The molecule has 1 fully saturated rings. The highest BCUT2D eigenvalue weighted by Gasteiger charge is 2.34. The zero-order valence-electron chi connectivity index (χ0n) is 16.0. The van der Waals surface area contributed by atoms with Crippen LogP contribution in [-0.4, -0.2) is 42.0 Å². The van der Waals surface area contributed by atoms with Gasteiger partial charge in [-0.15, -0.1) is 0 Å². The lowest BCUT2D eigenvalue weighted by Crippen LogP contribution is -2.45. The molecule has 0 saturated carbocycles. The summed E-state index contributed by atoms with van der Waals surface area (Å²) in [6.07, 6.45) is 1.32. The number of hydrogen-bond donors (Lipinski definition) is 2. The van der Waals surface area contributed by atoms with E-state index < -0.39 is 12.0 Å². The minimum Gasteiger partial charge on any atom is -0.462 e. The van der Waals surface area contributed by atoms with Gasteiger partial charge < -0.3 is 20.3 Å². The fourth-order valence-electron chi connectivity index (χ4n) is 3.17. The average Bonchev–Trinajstić information content (AvgIpc) is 3.19. The Bertz CT molecular complexity index is 901. The van der Waals surface area contributed by atoms with Crippen LogP contribution in [0, 0.1) is 0 Å². The Balaban J connectivity index is 1.62. The van der Waals surface area contributed by atoms with E-state index in [0.717, 1.165) is 6.42 Å². The molecule has 0 bridgehead atoms. The number of nitrogens with one attached hydrogen (secondary N) is 2. The molecule has 1 aliphatic rings. The van der Waals surface area contributed by atoms with Gasteiger partial charge in [-0.05, 0) is 62.2 Å². The number of urea groups is 1. The molecule has 1 atom stereocenters. The number of carbonyl (C=O) groups is 3. The SMILES string of the molecule is CCOC(=O)c1ccc(NC(=O)[C@@H]2CCCN2C(=O)Nc2cccc(Cl)c2)cc1. The molecule has 3 amide bonds. The van der Waals surface area contributed by atoms with Crippen molar-refractivity contribution in [2.24, 2.45) is 0 Å². The molecule has 8 heteroatoms. The van der Waals surface area contributed by atoms with Gasteiger partial charge in [0, 0.05) is 22.9 Å². The first-order valence-corrected chi connectivity index (χ1v) is 9.77. The summed E-state index contributed by atoms with van der Waals surface area (Å²) in [5.74, 6) is -0.683. The van der Waals surface area contributed by atoms with Crippen LogP contribution in [0.2, 0.25) is 5.02 Å². The number of nitrogens with zero attached hydrogens (tertiary/aromatic N) is 1. The van der Waals surface area contributed by atoms with Crippen molar-refractivity contribution in [3.05, 3.63) is 59.1 Å². The molecule has 1 heterocycles. The zero-order chi connectivity index (χ0) is 20.8. The van der Waals surface area contributed by atoms with Crippen molar-refractivity contribution in [2.75, 3.05) is 23.8 Å². The first kappa shape index (κ1) is 20.7. The minimum absolute atomic E-state index is 0.271. The largest absolute Gasteiger partial charge is 0.462 e. The molecule has 152 valence electrons. The molecule has 0 unspecified atom stereocenters. The summed E-state index contributed by atoms with van der Waals surface area (Å²) in [5.41, 5.74) is 1.53. The summed E-state index contributed by atoms with van der Waals surface area (Å²) in [7, 11) is 0. The van der Waals surface area contributed by atoms with E-state index in [1.54, 1.807) is 55.5 Å². The van der Waals surface area contributed by atoms with Gasteiger partial charge in [-0.3, -0.25) is 4.79 Å². The van der Waals surface area contributed by atoms with Gasteiger partial charge in [-0.1, -0.05) is 17.7 Å². The third-order valence-electron chi connectivity index (χ3n) is 4.56. The van der Waals surface area contributed by atoms with Crippen LogP contribution in [0.5, 0.6) is 0 Å². The molecule has 2 aromatic carbocycles. The van der Waals surface area contributed by atoms with Gasteiger partial charge in [-0.2, -0.15) is 0 Å². The van der Waals surface area contributed by atoms with Crippen LogP contribution in [0.3, 0.4) is 0 Å². The molecular weight excluding hydrogens is 394 g/mol. The molecular formula is C21H22ClN3O4. The van der Waals surface area contributed by atoms with E-state index in [1.165, 1.54) is 4.90 Å². The van der Waals surface area contributed by atoms with Crippen molar-refractivity contribution < 1.29 is 19.1 Å². The molecule has 2 N–H and O–H groups in total. The maximum absolute atomic E-state index is 12.7. The summed E-state index contributed by atoms with van der Waals surface area (Å²) >= 11 is 5.95. The molecule has 3 rings (SSSR count). The van der Waals surface area contributed by atoms with E-state index in [0.29, 0.717) is 41.5 Å². The standard InChI is InChI=1S/C21H22ClN3O4/c1-2-29-20(27)14-8-10-16(11-9-14)23-19(26)18-7-4-12-25(18)21(28)24-17-6-3-5-15(22)13-17/h3,5-6,8-11,13,18H,2,4,7,12H2,1H3,(H,23,26)(H,24,28)/t18-/m0/s1. The van der Waals surface area contributed by atoms with Crippen LogP contribution in [0.1, 0.15) is 30.1 Å². The van der Waals surface area contributed by atoms with E-state index in [1.807, 2.05) is 0 Å². The number of halogens is 1. The van der Waals surface area contributed by atoms with E-state index >= 15 is 0 Å². The van der Waals surface area contributed by atoms with Crippen molar-refractivity contribution in [1.29, 1.82) is 0 Å². The Morgan fingerprint density at radius 3 is 2.55 bits per heavy atom. The third kappa shape index (κ3) is 5.26. The molecule has 0 aromatic heterocycles. The van der Waals surface area contributed by atoms with Crippen LogP contribution in [0.25, 0.3) is 0 Å². The third-order valence-corrected chi connectivity index (χ3v) is 4.79. The van der Waals surface area contributed by atoms with Crippen molar-refractivity contribution in [1.82, 2.24) is 4.90 Å². The van der Waals surface area contributed by atoms with Crippen molar-refractivity contribution >= 4 is 40.9 Å². The Morgan fingerprint density at radius 2 is 1.86 bits per heavy atom. The van der Waals surface area contributed by atoms with Crippen molar-refractivity contribution in [3.63, 3.8) is 0 Å². The number of benzene rings is 2. The van der Waals surface area contributed by atoms with Gasteiger partial charge in [0.15, 0.2) is 0 Å². The second-order valence-corrected chi connectivity index (χ2v) is 7.02. The average molecular weight is 416 g/mol. The monoisotopic (exact) mass is 415 g/mol. The van der Waals surface area contributed by atoms with Crippen LogP contribution >= 0.6 is 11.6 Å². The maximum atomic E-state index is 12.7. The lowest BCUT2D eigenvalue weighted by atomic mass is 10.1. The second-order valence-electron chi connectivity index (χ2n) is 6.58. The van der Waals surface area contributed by atoms with Crippen molar-refractivity contribution in [3.8, 4) is 0 Å². The molecule has 0 radical (unpaired) electrons. The highest BCUT2D eigenvalue weighted by atomic mass is 35.5. The number of esters is 1. The van der Waals surface area contributed by atoms with Crippen molar-refractivity contribution in [2.45, 2.75) is 25.8 Å². The predicted molar refractivity (Wildman–Crippen MR) is 111 cm³/mol. The molecule has 7 nitrogen and oxygen atoms in total. The number of carbonyl (C=O) groups excluding carboxylic acids is 3. The Kier molecular flexibility index (Phi) is 6.72. The zero-order valence-corrected chi connectivity index (χ0v) is 16.7. The number of amides is 3. The Labute approximate surface area is 174 Å². The van der Waals surface area contributed by atoms with Crippen LogP contribution in [-0.2, 0) is 9.53 Å². The van der Waals surface area contributed by atoms with E-state index in [4.69, 9.17) is 16.3 Å². The topological polar surface area (TPSA) is 87.7 Å². The molecule has 1 aliphatic heterocycles. The Morgan fingerprint density at radius 1 is 1.10 bits per heavy atom. The lowest BCUT2D eigenvalue weighted by molar-refractivity contribution is -0.119. The molecule has 0 aliphatic carbocycles. The summed E-state index contributed by atoms with van der Waals surface area (Å²) < 4.78 is 4.94. The van der Waals surface area contributed by atoms with Gasteiger partial charge in [0.1, 0.15) is 6.04 Å². The maximum Gasteiger partial charge on any atom is 0.338 e. The van der Waals surface area contributed by atoms with Crippen LogP contribution in [0.4, 0.5) is 16.2 Å². The van der Waals surface area contributed by atoms with E-state index in [2.05, 4.69) is 10.6 Å². The first-order chi connectivity index (χ1) is 14.0. The Hall–Kier alpha value is -3.06. The van der Waals surface area contributed by atoms with Gasteiger partial charge in [0.2, 0.25) is 5.91 Å². The van der Waals surface area contributed by atoms with Gasteiger partial charge in [0.05, 0.1) is 12.2 Å². The number of anilines is 2. The number of rotatable bonds is 5. The molecule has 29 heavy (non-hydrogen) atoms. The predicted octanol–water partition coefficient (Wildman–Crippen LogP) is 4.15. The second kappa shape index (κ2) is 9.43. The fraction of sp³-hybridized carbons (Fsp3) is 0.286. The van der Waals surface area contributed by atoms with E-state index in [9.17, 15) is 14.4 Å². The van der Waals surface area contributed by atoms with Crippen LogP contribution < -0.4 is 10.6 Å². The number of ether oxygens (including phenoxy) is 1.